The molecule has 2 fully saturated rings. The van der Waals surface area contributed by atoms with E-state index in [0.717, 1.165) is 70.8 Å². The lowest BCUT2D eigenvalue weighted by Gasteiger charge is -2.18. The smallest absolute Gasteiger partial charge is 0.317 e. The minimum absolute atomic E-state index is 0.0962. The van der Waals surface area contributed by atoms with E-state index in [4.69, 9.17) is 26.1 Å². The fourth-order valence-corrected chi connectivity index (χ4v) is 4.75. The molecule has 8 heteroatoms. The Morgan fingerprint density at radius 2 is 1.97 bits per heavy atom. The van der Waals surface area contributed by atoms with Crippen molar-refractivity contribution in [3.05, 3.63) is 41.2 Å². The van der Waals surface area contributed by atoms with E-state index < -0.39 is 0 Å². The number of rotatable bonds is 5. The number of aromatic amines is 1. The number of aryl methyl sites for hydroxylation is 1. The van der Waals surface area contributed by atoms with Crippen molar-refractivity contribution in [2.24, 2.45) is 0 Å². The first-order valence-corrected chi connectivity index (χ1v) is 11.4. The van der Waals surface area contributed by atoms with E-state index >= 15 is 0 Å². The molecule has 1 atom stereocenters. The van der Waals surface area contributed by atoms with E-state index in [0.29, 0.717) is 16.8 Å². The second-order valence-electron chi connectivity index (χ2n) is 8.85. The molecule has 4 aromatic rings. The van der Waals surface area contributed by atoms with Crippen LogP contribution in [0.1, 0.15) is 24.8 Å². The zero-order valence-electron chi connectivity index (χ0n) is 18.1. The molecule has 0 unspecified atom stereocenters. The molecule has 1 saturated carbocycles. The SMILES string of the molecule is Cc1ccc2[nH]ncc2c1-c1c(Cl)cc2cnc(O[C@H]3CCN(C)C3)nc2c1OC1CC1. The number of hydrogen-bond acceptors (Lipinski definition) is 6. The number of hydrogen-bond donors (Lipinski definition) is 1. The Balaban J connectivity index is 1.55. The Hall–Kier alpha value is -2.90. The van der Waals surface area contributed by atoms with Crippen LogP contribution in [0.5, 0.6) is 11.8 Å². The predicted molar refractivity (Wildman–Crippen MR) is 125 cm³/mol. The van der Waals surface area contributed by atoms with E-state index in [9.17, 15) is 0 Å². The van der Waals surface area contributed by atoms with Gasteiger partial charge in [-0.2, -0.15) is 10.1 Å². The molecule has 1 aliphatic carbocycles. The molecule has 6 rings (SSSR count). The lowest BCUT2D eigenvalue weighted by molar-refractivity contribution is 0.192. The first-order chi connectivity index (χ1) is 15.6. The van der Waals surface area contributed by atoms with Gasteiger partial charge >= 0.3 is 6.01 Å². The number of likely N-dealkylation sites (tertiary alicyclic amines) is 1. The molecule has 1 N–H and O–H groups in total. The van der Waals surface area contributed by atoms with Gasteiger partial charge in [-0.1, -0.05) is 17.7 Å². The highest BCUT2D eigenvalue weighted by atomic mass is 35.5. The van der Waals surface area contributed by atoms with Gasteiger partial charge in [0, 0.05) is 41.2 Å². The molecule has 0 amide bonds. The van der Waals surface area contributed by atoms with Crippen molar-refractivity contribution in [2.45, 2.75) is 38.4 Å². The summed E-state index contributed by atoms with van der Waals surface area (Å²) in [5.74, 6) is 0.697. The van der Waals surface area contributed by atoms with Crippen LogP contribution in [0.15, 0.2) is 30.6 Å². The maximum absolute atomic E-state index is 6.88. The molecule has 0 bridgehead atoms. The number of nitrogens with zero attached hydrogens (tertiary/aromatic N) is 4. The van der Waals surface area contributed by atoms with Gasteiger partial charge in [0.2, 0.25) is 0 Å². The highest BCUT2D eigenvalue weighted by molar-refractivity contribution is 6.35. The first kappa shape index (κ1) is 19.8. The van der Waals surface area contributed by atoms with E-state index in [1.54, 1.807) is 6.20 Å². The summed E-state index contributed by atoms with van der Waals surface area (Å²) in [7, 11) is 2.10. The van der Waals surface area contributed by atoms with E-state index in [1.807, 2.05) is 18.3 Å². The Bertz CT molecular complexity index is 1330. The second-order valence-corrected chi connectivity index (χ2v) is 9.26. The van der Waals surface area contributed by atoms with Crippen molar-refractivity contribution in [3.8, 4) is 22.9 Å². The van der Waals surface area contributed by atoms with Crippen LogP contribution in [0.3, 0.4) is 0 Å². The highest BCUT2D eigenvalue weighted by Gasteiger charge is 2.29. The normalized spacial score (nSPS) is 19.2. The molecule has 1 aliphatic heterocycles. The third kappa shape index (κ3) is 3.45. The summed E-state index contributed by atoms with van der Waals surface area (Å²) in [6.45, 7) is 3.97. The summed E-state index contributed by atoms with van der Waals surface area (Å²) >= 11 is 6.88. The van der Waals surface area contributed by atoms with Crippen molar-refractivity contribution in [1.29, 1.82) is 0 Å². The summed E-state index contributed by atoms with van der Waals surface area (Å²) in [5.41, 5.74) is 4.64. The summed E-state index contributed by atoms with van der Waals surface area (Å²) < 4.78 is 12.6. The molecule has 1 saturated heterocycles. The maximum Gasteiger partial charge on any atom is 0.317 e. The summed E-state index contributed by atoms with van der Waals surface area (Å²) in [6, 6.07) is 6.40. The lowest BCUT2D eigenvalue weighted by atomic mass is 9.95. The Morgan fingerprint density at radius 3 is 2.75 bits per heavy atom. The molecule has 164 valence electrons. The van der Waals surface area contributed by atoms with Gasteiger partial charge in [-0.15, -0.1) is 0 Å². The maximum atomic E-state index is 6.88. The second kappa shape index (κ2) is 7.60. The summed E-state index contributed by atoms with van der Waals surface area (Å²) in [4.78, 5) is 11.5. The van der Waals surface area contributed by atoms with Crippen LogP contribution in [0, 0.1) is 6.92 Å². The van der Waals surface area contributed by atoms with Gasteiger partial charge in [-0.3, -0.25) is 5.10 Å². The van der Waals surface area contributed by atoms with E-state index in [-0.39, 0.29) is 12.2 Å². The average molecular weight is 450 g/mol. The average Bonchev–Trinajstić information content (AvgIpc) is 3.30. The van der Waals surface area contributed by atoms with Crippen molar-refractivity contribution >= 4 is 33.4 Å². The van der Waals surface area contributed by atoms with Crippen molar-refractivity contribution in [1.82, 2.24) is 25.1 Å². The number of H-pyrrole nitrogens is 1. The minimum atomic E-state index is 0.0962. The monoisotopic (exact) mass is 449 g/mol. The van der Waals surface area contributed by atoms with Gasteiger partial charge in [0.25, 0.3) is 0 Å². The topological polar surface area (TPSA) is 76.2 Å². The minimum Gasteiger partial charge on any atom is -0.487 e. The standard InChI is InChI=1S/C24H24ClN5O2/c1-13-3-6-19-17(11-27-29-19)20(13)21-18(25)9-14-10-26-24(32-16-7-8-30(2)12-16)28-22(14)23(21)31-15-4-5-15/h3,6,9-11,15-16H,4-5,7-8,12H2,1-2H3,(H,27,29)/t16-/m0/s1. The molecule has 32 heavy (non-hydrogen) atoms. The third-order valence-corrected chi connectivity index (χ3v) is 6.57. The van der Waals surface area contributed by atoms with Crippen LogP contribution in [-0.2, 0) is 0 Å². The van der Waals surface area contributed by atoms with Crippen LogP contribution >= 0.6 is 11.6 Å². The number of benzene rings is 2. The molecule has 2 aromatic heterocycles. The molecule has 7 nitrogen and oxygen atoms in total. The molecule has 2 aromatic carbocycles. The highest BCUT2D eigenvalue weighted by Crippen LogP contribution is 2.47. The van der Waals surface area contributed by atoms with Crippen molar-refractivity contribution in [3.63, 3.8) is 0 Å². The lowest BCUT2D eigenvalue weighted by Crippen LogP contribution is -2.22. The van der Waals surface area contributed by atoms with Crippen LogP contribution in [0.25, 0.3) is 32.9 Å². The van der Waals surface area contributed by atoms with Gasteiger partial charge in [-0.05, 0) is 50.9 Å². The Morgan fingerprint density at radius 1 is 1.09 bits per heavy atom. The zero-order chi connectivity index (χ0) is 21.8. The third-order valence-electron chi connectivity index (χ3n) is 6.27. The molecule has 0 spiro atoms. The predicted octanol–water partition coefficient (Wildman–Crippen LogP) is 4.76. The number of fused-ring (bicyclic) bond motifs is 2. The zero-order valence-corrected chi connectivity index (χ0v) is 18.8. The van der Waals surface area contributed by atoms with Crippen LogP contribution in [-0.4, -0.2) is 57.4 Å². The molecule has 0 radical (unpaired) electrons. The number of nitrogens with one attached hydrogen (secondary N) is 1. The van der Waals surface area contributed by atoms with E-state index in [1.165, 1.54) is 0 Å². The quantitative estimate of drug-likeness (QED) is 0.473. The number of halogens is 1. The van der Waals surface area contributed by atoms with Crippen LogP contribution < -0.4 is 9.47 Å². The molecule has 2 aliphatic rings. The number of aromatic nitrogens is 4. The fourth-order valence-electron chi connectivity index (χ4n) is 4.45. The molecule has 3 heterocycles. The van der Waals surface area contributed by atoms with E-state index in [2.05, 4.69) is 40.1 Å². The number of likely N-dealkylation sites (N-methyl/N-ethyl adjacent to an activating group) is 1. The van der Waals surface area contributed by atoms with Crippen LogP contribution in [0.4, 0.5) is 0 Å². The van der Waals surface area contributed by atoms with Gasteiger partial charge in [0.15, 0.2) is 5.75 Å². The van der Waals surface area contributed by atoms with Crippen molar-refractivity contribution < 1.29 is 9.47 Å². The van der Waals surface area contributed by atoms with Crippen LogP contribution in [0.2, 0.25) is 5.02 Å². The van der Waals surface area contributed by atoms with Gasteiger partial charge in [0.05, 0.1) is 22.8 Å². The summed E-state index contributed by atoms with van der Waals surface area (Å²) in [5, 5.41) is 9.75. The molecular formula is C24H24ClN5O2. The van der Waals surface area contributed by atoms with Crippen molar-refractivity contribution in [2.75, 3.05) is 20.1 Å². The Kier molecular flexibility index (Phi) is 4.69. The number of ether oxygens (including phenoxy) is 2. The van der Waals surface area contributed by atoms with Gasteiger partial charge in [0.1, 0.15) is 11.6 Å². The summed E-state index contributed by atoms with van der Waals surface area (Å²) in [6.07, 6.45) is 6.93. The fraction of sp³-hybridized carbons (Fsp3) is 0.375. The van der Waals surface area contributed by atoms with Gasteiger partial charge in [-0.25, -0.2) is 4.98 Å². The van der Waals surface area contributed by atoms with Gasteiger partial charge < -0.3 is 14.4 Å². The Labute approximate surface area is 190 Å². The molecular weight excluding hydrogens is 426 g/mol. The largest absolute Gasteiger partial charge is 0.487 e. The first-order valence-electron chi connectivity index (χ1n) is 11.0.